The number of aryl methyl sites for hydroxylation is 1. The molecule has 0 fully saturated rings. The van der Waals surface area contributed by atoms with Gasteiger partial charge >= 0.3 is 0 Å². The van der Waals surface area contributed by atoms with E-state index >= 15 is 0 Å². The van der Waals surface area contributed by atoms with E-state index in [2.05, 4.69) is 37.7 Å². The van der Waals surface area contributed by atoms with Gasteiger partial charge in [-0.25, -0.2) is 8.42 Å². The molecule has 3 N–H and O–H groups in total. The average Bonchev–Trinajstić information content (AvgIpc) is 2.97. The lowest BCUT2D eigenvalue weighted by atomic mass is 9.92. The second kappa shape index (κ2) is 8.94. The third-order valence-electron chi connectivity index (χ3n) is 4.77. The van der Waals surface area contributed by atoms with Gasteiger partial charge in [-0.1, -0.05) is 45.4 Å². The number of halogens is 1. The fraction of sp³-hybridized carbons (Fsp3) is 0.524. The van der Waals surface area contributed by atoms with Crippen LogP contribution in [0.3, 0.4) is 0 Å². The molecule has 1 aromatic carbocycles. The summed E-state index contributed by atoms with van der Waals surface area (Å²) in [5, 5.41) is 14.1. The van der Waals surface area contributed by atoms with Gasteiger partial charge < -0.3 is 10.4 Å². The Morgan fingerprint density at radius 3 is 2.28 bits per heavy atom. The summed E-state index contributed by atoms with van der Waals surface area (Å²) in [5.41, 5.74) is 2.48. The normalized spacial score (nSPS) is 12.8. The molecule has 8 heteroatoms. The first-order valence-corrected chi connectivity index (χ1v) is 12.3. The smallest absolute Gasteiger partial charge is 0.251 e. The van der Waals surface area contributed by atoms with Crippen molar-refractivity contribution < 1.29 is 13.5 Å². The average molecular weight is 459 g/mol. The van der Waals surface area contributed by atoms with Gasteiger partial charge in [0.2, 0.25) is 0 Å². The van der Waals surface area contributed by atoms with E-state index in [0.717, 1.165) is 33.0 Å². The van der Waals surface area contributed by atoms with Gasteiger partial charge in [0.15, 0.2) is 0 Å². The summed E-state index contributed by atoms with van der Waals surface area (Å²) in [7, 11) is -3.71. The van der Waals surface area contributed by atoms with Crippen LogP contribution in [0.25, 0.3) is 0 Å². The third kappa shape index (κ3) is 5.52. The quantitative estimate of drug-likeness (QED) is 0.454. The van der Waals surface area contributed by atoms with E-state index in [9.17, 15) is 13.5 Å². The van der Waals surface area contributed by atoms with E-state index in [1.807, 2.05) is 19.1 Å². The van der Waals surface area contributed by atoms with Gasteiger partial charge in [-0.3, -0.25) is 0 Å². The molecule has 2 rings (SSSR count). The van der Waals surface area contributed by atoms with Crippen LogP contribution in [0, 0.1) is 6.92 Å². The minimum Gasteiger partial charge on any atom is -0.386 e. The molecule has 0 radical (unpaired) electrons. The highest BCUT2D eigenvalue weighted by molar-refractivity contribution is 7.91. The highest BCUT2D eigenvalue weighted by Gasteiger charge is 2.26. The molecule has 29 heavy (non-hydrogen) atoms. The minimum atomic E-state index is -3.71. The number of hydrogen-bond acceptors (Lipinski definition) is 5. The predicted molar refractivity (Wildman–Crippen MR) is 123 cm³/mol. The first-order chi connectivity index (χ1) is 13.3. The van der Waals surface area contributed by atoms with E-state index in [1.54, 1.807) is 19.9 Å². The first kappa shape index (κ1) is 24.2. The minimum absolute atomic E-state index is 0.0386. The lowest BCUT2D eigenvalue weighted by Crippen LogP contribution is -2.29. The summed E-state index contributed by atoms with van der Waals surface area (Å²) in [6.07, 6.45) is 0. The molecule has 0 bridgehead atoms. The second-order valence-electron chi connectivity index (χ2n) is 8.33. The number of thiophene rings is 1. The first-order valence-electron chi connectivity index (χ1n) is 9.64. The molecule has 1 aromatic heterocycles. The Labute approximate surface area is 183 Å². The van der Waals surface area contributed by atoms with Gasteiger partial charge in [-0.05, 0) is 61.4 Å². The molecule has 0 unspecified atom stereocenters. The maximum absolute atomic E-state index is 12.8. The molecule has 0 aliphatic carbocycles. The number of nitrogens with one attached hydrogen (secondary N) is 2. The molecule has 0 atom stereocenters. The van der Waals surface area contributed by atoms with E-state index in [4.69, 9.17) is 11.6 Å². The van der Waals surface area contributed by atoms with Crippen LogP contribution in [-0.4, -0.2) is 20.2 Å². The zero-order valence-electron chi connectivity index (χ0n) is 18.1. The number of hydrogen-bond donors (Lipinski definition) is 3. The van der Waals surface area contributed by atoms with Crippen molar-refractivity contribution in [2.24, 2.45) is 0 Å². The van der Waals surface area contributed by atoms with Crippen LogP contribution in [0.5, 0.6) is 0 Å². The highest BCUT2D eigenvalue weighted by Crippen LogP contribution is 2.37. The van der Waals surface area contributed by atoms with E-state index in [1.165, 1.54) is 0 Å². The van der Waals surface area contributed by atoms with Gasteiger partial charge in [-0.15, -0.1) is 11.3 Å². The lowest BCUT2D eigenvalue weighted by molar-refractivity contribution is 0.0783. The number of aliphatic hydroxyl groups is 1. The van der Waals surface area contributed by atoms with Crippen molar-refractivity contribution in [3.05, 3.63) is 44.8 Å². The molecule has 0 aliphatic rings. The van der Waals surface area contributed by atoms with Crippen LogP contribution >= 0.6 is 22.9 Å². The highest BCUT2D eigenvalue weighted by atomic mass is 35.5. The van der Waals surface area contributed by atoms with Crippen molar-refractivity contribution in [2.45, 2.75) is 70.1 Å². The van der Waals surface area contributed by atoms with Gasteiger partial charge in [0.1, 0.15) is 4.21 Å². The van der Waals surface area contributed by atoms with Crippen molar-refractivity contribution in [2.75, 3.05) is 12.0 Å². The van der Waals surface area contributed by atoms with Crippen molar-refractivity contribution in [3.63, 3.8) is 0 Å². The van der Waals surface area contributed by atoms with Crippen LogP contribution in [0.4, 0.5) is 5.69 Å². The summed E-state index contributed by atoms with van der Waals surface area (Å²) < 4.78 is 28.3. The van der Waals surface area contributed by atoms with Gasteiger partial charge in [0.05, 0.1) is 12.3 Å². The Morgan fingerprint density at radius 1 is 1.17 bits per heavy atom. The second-order valence-corrected chi connectivity index (χ2v) is 12.0. The van der Waals surface area contributed by atoms with Crippen LogP contribution in [-0.2, 0) is 15.6 Å². The summed E-state index contributed by atoms with van der Waals surface area (Å²) in [6, 6.07) is 5.42. The maximum Gasteiger partial charge on any atom is 0.251 e. The van der Waals surface area contributed by atoms with Crippen molar-refractivity contribution in [1.29, 1.82) is 0 Å². The van der Waals surface area contributed by atoms with Crippen molar-refractivity contribution in [1.82, 2.24) is 4.72 Å². The fourth-order valence-corrected chi connectivity index (χ4v) is 6.28. The number of benzene rings is 1. The number of sulfonamides is 1. The number of rotatable bonds is 8. The fourth-order valence-electron chi connectivity index (χ4n) is 3.34. The zero-order chi connectivity index (χ0) is 22.1. The van der Waals surface area contributed by atoms with Gasteiger partial charge in [-0.2, -0.15) is 4.72 Å². The molecule has 0 aliphatic heterocycles. The van der Waals surface area contributed by atoms with Crippen LogP contribution < -0.4 is 10.0 Å². The zero-order valence-corrected chi connectivity index (χ0v) is 20.4. The summed E-state index contributed by atoms with van der Waals surface area (Å²) in [4.78, 5) is 0.782. The molecule has 162 valence electrons. The summed E-state index contributed by atoms with van der Waals surface area (Å²) in [6.45, 7) is 13.5. The molecule has 0 amide bonds. The molecule has 0 saturated carbocycles. The summed E-state index contributed by atoms with van der Waals surface area (Å²) in [5.74, 6) is 0.452. The summed E-state index contributed by atoms with van der Waals surface area (Å²) >= 11 is 7.58. The predicted octanol–water partition coefficient (Wildman–Crippen LogP) is 5.53. The van der Waals surface area contributed by atoms with E-state index in [0.29, 0.717) is 10.6 Å². The Bertz CT molecular complexity index is 975. The molecule has 2 aromatic rings. The largest absolute Gasteiger partial charge is 0.386 e. The Hall–Kier alpha value is -1.12. The molecular formula is C21H31ClN2O3S2. The SMILES string of the molecule is Cc1sc(S(=O)(=O)NCNc2c(C(C)C)ccc(Cl)c2C(C)C)cc1C(C)(C)O. The Kier molecular flexibility index (Phi) is 7.44. The lowest BCUT2D eigenvalue weighted by Gasteiger charge is -2.22. The maximum atomic E-state index is 12.8. The van der Waals surface area contributed by atoms with Crippen LogP contribution in [0.2, 0.25) is 5.02 Å². The van der Waals surface area contributed by atoms with E-state index in [-0.39, 0.29) is 22.7 Å². The molecule has 1 heterocycles. The van der Waals surface area contributed by atoms with Gasteiger partial charge in [0.25, 0.3) is 10.0 Å². The molecule has 5 nitrogen and oxygen atoms in total. The standard InChI is InChI=1S/C21H31ClN2O3S2/c1-12(2)15-8-9-17(22)19(13(3)4)20(15)23-11-24-29(26,27)18-10-16(14(5)28-18)21(6,7)25/h8-10,12-13,23-25H,11H2,1-7H3. The van der Waals surface area contributed by atoms with E-state index < -0.39 is 15.6 Å². The topological polar surface area (TPSA) is 78.4 Å². The molecule has 0 saturated heterocycles. The van der Waals surface area contributed by atoms with Gasteiger partial charge in [0, 0.05) is 15.6 Å². The Balaban J connectivity index is 2.27. The number of anilines is 1. The molecular weight excluding hydrogens is 428 g/mol. The third-order valence-corrected chi connectivity index (χ3v) is 8.03. The van der Waals surface area contributed by atoms with Crippen molar-refractivity contribution >= 4 is 38.6 Å². The molecule has 0 spiro atoms. The van der Waals surface area contributed by atoms with Crippen LogP contribution in [0.1, 0.15) is 74.9 Å². The Morgan fingerprint density at radius 2 is 1.79 bits per heavy atom. The van der Waals surface area contributed by atoms with Crippen molar-refractivity contribution in [3.8, 4) is 0 Å². The monoisotopic (exact) mass is 458 g/mol. The van der Waals surface area contributed by atoms with Crippen LogP contribution in [0.15, 0.2) is 22.4 Å².